The SMILES string of the molecule is C[C@@H](O)CNC(=O)c1ccccc1S(=O)(=O)Cc1ccccc1. The smallest absolute Gasteiger partial charge is 0.252 e. The lowest BCUT2D eigenvalue weighted by Gasteiger charge is -2.12. The summed E-state index contributed by atoms with van der Waals surface area (Å²) in [7, 11) is -3.65. The number of carbonyl (C=O) groups excluding carboxylic acids is 1. The average Bonchev–Trinajstić information content (AvgIpc) is 2.53. The molecule has 1 atom stereocenters. The van der Waals surface area contributed by atoms with Crippen LogP contribution in [0.3, 0.4) is 0 Å². The summed E-state index contributed by atoms with van der Waals surface area (Å²) >= 11 is 0. The predicted octanol–water partition coefficient (Wildman–Crippen LogP) is 1.77. The molecule has 6 heteroatoms. The Kier molecular flexibility index (Phi) is 5.52. The van der Waals surface area contributed by atoms with Gasteiger partial charge in [-0.1, -0.05) is 42.5 Å². The minimum Gasteiger partial charge on any atom is -0.392 e. The highest BCUT2D eigenvalue weighted by molar-refractivity contribution is 7.90. The van der Waals surface area contributed by atoms with Gasteiger partial charge in [-0.3, -0.25) is 4.79 Å². The Bertz CT molecular complexity index is 770. The van der Waals surface area contributed by atoms with Gasteiger partial charge in [-0.15, -0.1) is 0 Å². The van der Waals surface area contributed by atoms with E-state index < -0.39 is 21.8 Å². The largest absolute Gasteiger partial charge is 0.392 e. The molecule has 23 heavy (non-hydrogen) atoms. The number of benzene rings is 2. The Balaban J connectivity index is 2.30. The minimum absolute atomic E-state index is 0.00746. The number of amides is 1. The van der Waals surface area contributed by atoms with Crippen molar-refractivity contribution >= 4 is 15.7 Å². The third-order valence-corrected chi connectivity index (χ3v) is 4.96. The zero-order chi connectivity index (χ0) is 16.9. The van der Waals surface area contributed by atoms with E-state index in [0.29, 0.717) is 5.56 Å². The summed E-state index contributed by atoms with van der Waals surface area (Å²) in [6.07, 6.45) is -0.702. The van der Waals surface area contributed by atoms with Crippen molar-refractivity contribution in [3.05, 3.63) is 65.7 Å². The van der Waals surface area contributed by atoms with Crippen molar-refractivity contribution in [2.45, 2.75) is 23.7 Å². The van der Waals surface area contributed by atoms with Gasteiger partial charge in [-0.2, -0.15) is 0 Å². The van der Waals surface area contributed by atoms with Gasteiger partial charge in [0, 0.05) is 6.54 Å². The monoisotopic (exact) mass is 333 g/mol. The van der Waals surface area contributed by atoms with E-state index in [-0.39, 0.29) is 22.8 Å². The molecule has 0 radical (unpaired) electrons. The van der Waals surface area contributed by atoms with Crippen molar-refractivity contribution in [3.63, 3.8) is 0 Å². The summed E-state index contributed by atoms with van der Waals surface area (Å²) in [6.45, 7) is 1.60. The van der Waals surface area contributed by atoms with E-state index in [9.17, 15) is 18.3 Å². The predicted molar refractivity (Wildman–Crippen MR) is 87.8 cm³/mol. The fraction of sp³-hybridized carbons (Fsp3) is 0.235. The molecule has 2 N–H and O–H groups in total. The second-order valence-corrected chi connectivity index (χ2v) is 7.26. The van der Waals surface area contributed by atoms with Gasteiger partial charge in [0.05, 0.1) is 22.3 Å². The third-order valence-electron chi connectivity index (χ3n) is 3.22. The summed E-state index contributed by atoms with van der Waals surface area (Å²) in [5, 5.41) is 11.8. The van der Waals surface area contributed by atoms with Crippen molar-refractivity contribution in [2.75, 3.05) is 6.54 Å². The first-order chi connectivity index (χ1) is 10.9. The molecule has 0 unspecified atom stereocenters. The fourth-order valence-electron chi connectivity index (χ4n) is 2.13. The molecule has 0 saturated heterocycles. The van der Waals surface area contributed by atoms with Gasteiger partial charge in [0.25, 0.3) is 5.91 Å². The zero-order valence-electron chi connectivity index (χ0n) is 12.8. The standard InChI is InChI=1S/C17H19NO4S/c1-13(19)11-18-17(20)15-9-5-6-10-16(15)23(21,22)12-14-7-3-2-4-8-14/h2-10,13,19H,11-12H2,1H3,(H,18,20)/t13-/m1/s1. The first-order valence-electron chi connectivity index (χ1n) is 7.22. The van der Waals surface area contributed by atoms with Gasteiger partial charge in [0.2, 0.25) is 0 Å². The Morgan fingerprint density at radius 3 is 2.35 bits per heavy atom. The molecule has 2 aromatic rings. The van der Waals surface area contributed by atoms with E-state index >= 15 is 0 Å². The number of sulfone groups is 1. The molecule has 0 saturated carbocycles. The molecule has 0 spiro atoms. The lowest BCUT2D eigenvalue weighted by molar-refractivity contribution is 0.0920. The van der Waals surface area contributed by atoms with E-state index in [1.165, 1.54) is 12.1 Å². The van der Waals surface area contributed by atoms with E-state index in [2.05, 4.69) is 5.32 Å². The van der Waals surface area contributed by atoms with Crippen LogP contribution in [0.4, 0.5) is 0 Å². The van der Waals surface area contributed by atoms with Gasteiger partial charge in [0.15, 0.2) is 9.84 Å². The lowest BCUT2D eigenvalue weighted by atomic mass is 10.2. The Morgan fingerprint density at radius 2 is 1.70 bits per heavy atom. The van der Waals surface area contributed by atoms with Gasteiger partial charge in [-0.25, -0.2) is 8.42 Å². The molecule has 1 amide bonds. The maximum absolute atomic E-state index is 12.6. The molecule has 0 bridgehead atoms. The summed E-state index contributed by atoms with van der Waals surface area (Å²) in [5.41, 5.74) is 0.746. The molecule has 0 aliphatic rings. The Labute approximate surface area is 135 Å². The van der Waals surface area contributed by atoms with Crippen LogP contribution in [0.25, 0.3) is 0 Å². The van der Waals surface area contributed by atoms with Crippen LogP contribution in [0.2, 0.25) is 0 Å². The van der Waals surface area contributed by atoms with E-state index in [1.807, 2.05) is 6.07 Å². The third kappa shape index (κ3) is 4.64. The van der Waals surface area contributed by atoms with Gasteiger partial charge in [0.1, 0.15) is 0 Å². The fourth-order valence-corrected chi connectivity index (χ4v) is 3.70. The molecule has 0 aromatic heterocycles. The molecule has 0 aliphatic carbocycles. The highest BCUT2D eigenvalue weighted by Gasteiger charge is 2.22. The molecule has 0 heterocycles. The van der Waals surface area contributed by atoms with Gasteiger partial charge < -0.3 is 10.4 Å². The molecule has 2 rings (SSSR count). The van der Waals surface area contributed by atoms with E-state index in [1.54, 1.807) is 43.3 Å². The summed E-state index contributed by atoms with van der Waals surface area (Å²) < 4.78 is 25.3. The highest BCUT2D eigenvalue weighted by atomic mass is 32.2. The maximum atomic E-state index is 12.6. The van der Waals surface area contributed by atoms with Gasteiger partial charge in [-0.05, 0) is 24.6 Å². The molecule has 0 aliphatic heterocycles. The van der Waals surface area contributed by atoms with Crippen molar-refractivity contribution in [3.8, 4) is 0 Å². The number of rotatable bonds is 6. The van der Waals surface area contributed by atoms with Crippen LogP contribution in [0.5, 0.6) is 0 Å². The number of hydrogen-bond donors (Lipinski definition) is 2. The van der Waals surface area contributed by atoms with E-state index in [4.69, 9.17) is 0 Å². The topological polar surface area (TPSA) is 83.5 Å². The van der Waals surface area contributed by atoms with Crippen LogP contribution in [0.15, 0.2) is 59.5 Å². The second kappa shape index (κ2) is 7.39. The highest BCUT2D eigenvalue weighted by Crippen LogP contribution is 2.20. The number of carbonyl (C=O) groups is 1. The van der Waals surface area contributed by atoms with Crippen LogP contribution >= 0.6 is 0 Å². The number of aliphatic hydroxyl groups excluding tert-OH is 1. The second-order valence-electron chi connectivity index (χ2n) is 5.30. The molecular formula is C17H19NO4S. The minimum atomic E-state index is -3.65. The van der Waals surface area contributed by atoms with Crippen LogP contribution in [-0.4, -0.2) is 32.1 Å². The van der Waals surface area contributed by atoms with Gasteiger partial charge >= 0.3 is 0 Å². The first kappa shape index (κ1) is 17.2. The summed E-state index contributed by atoms with van der Waals surface area (Å²) in [4.78, 5) is 12.2. The summed E-state index contributed by atoms with van der Waals surface area (Å²) in [6, 6.07) is 14.9. The van der Waals surface area contributed by atoms with Crippen molar-refractivity contribution in [2.24, 2.45) is 0 Å². The Morgan fingerprint density at radius 1 is 1.09 bits per heavy atom. The number of hydrogen-bond acceptors (Lipinski definition) is 4. The maximum Gasteiger partial charge on any atom is 0.252 e. The van der Waals surface area contributed by atoms with Crippen molar-refractivity contribution in [1.82, 2.24) is 5.32 Å². The van der Waals surface area contributed by atoms with Crippen molar-refractivity contribution < 1.29 is 18.3 Å². The number of aliphatic hydroxyl groups is 1. The molecule has 122 valence electrons. The van der Waals surface area contributed by atoms with Crippen LogP contribution in [0, 0.1) is 0 Å². The Hall–Kier alpha value is -2.18. The van der Waals surface area contributed by atoms with Crippen LogP contribution < -0.4 is 5.32 Å². The normalized spacial score (nSPS) is 12.6. The molecular weight excluding hydrogens is 314 g/mol. The zero-order valence-corrected chi connectivity index (χ0v) is 13.6. The average molecular weight is 333 g/mol. The summed E-state index contributed by atoms with van der Waals surface area (Å²) in [5.74, 6) is -0.688. The molecule has 2 aromatic carbocycles. The molecule has 5 nitrogen and oxygen atoms in total. The van der Waals surface area contributed by atoms with Crippen LogP contribution in [-0.2, 0) is 15.6 Å². The van der Waals surface area contributed by atoms with Crippen molar-refractivity contribution in [1.29, 1.82) is 0 Å². The van der Waals surface area contributed by atoms with Crippen LogP contribution in [0.1, 0.15) is 22.8 Å². The molecule has 0 fully saturated rings. The quantitative estimate of drug-likeness (QED) is 0.844. The lowest BCUT2D eigenvalue weighted by Crippen LogP contribution is -2.31. The van der Waals surface area contributed by atoms with E-state index in [0.717, 1.165) is 0 Å². The number of nitrogens with one attached hydrogen (secondary N) is 1. The first-order valence-corrected chi connectivity index (χ1v) is 8.87.